The number of sulfonamides is 1. The smallest absolute Gasteiger partial charge is 0.213 e. The van der Waals surface area contributed by atoms with Gasteiger partial charge in [-0.3, -0.25) is 0 Å². The molecule has 0 fully saturated rings. The third-order valence-corrected chi connectivity index (χ3v) is 2.52. The summed E-state index contributed by atoms with van der Waals surface area (Å²) < 4.78 is 27.5. The molecule has 0 bridgehead atoms. The van der Waals surface area contributed by atoms with Crippen LogP contribution in [-0.4, -0.2) is 14.5 Å². The maximum Gasteiger partial charge on any atom is 0.213 e. The zero-order valence-corrected chi connectivity index (χ0v) is 10.1. The summed E-state index contributed by atoms with van der Waals surface area (Å²) in [6, 6.07) is 4.86. The number of hydrogen-bond acceptors (Lipinski definition) is 4. The van der Waals surface area contributed by atoms with E-state index in [1.54, 1.807) is 18.2 Å². The number of primary sulfonamides is 1. The summed E-state index contributed by atoms with van der Waals surface area (Å²) >= 11 is 0. The number of anilines is 1. The molecule has 0 amide bonds. The highest BCUT2D eigenvalue weighted by Gasteiger charge is 2.12. The molecule has 0 aliphatic carbocycles. The van der Waals surface area contributed by atoms with E-state index in [0.29, 0.717) is 17.0 Å². The Kier molecular flexibility index (Phi) is 3.77. The van der Waals surface area contributed by atoms with Crippen LogP contribution in [0.25, 0.3) is 0 Å². The quantitative estimate of drug-likeness (QED) is 0.767. The van der Waals surface area contributed by atoms with Gasteiger partial charge in [0, 0.05) is 11.3 Å². The fourth-order valence-electron chi connectivity index (χ4n) is 1.30. The van der Waals surface area contributed by atoms with E-state index in [1.807, 2.05) is 13.8 Å². The van der Waals surface area contributed by atoms with Crippen molar-refractivity contribution in [3.05, 3.63) is 23.8 Å². The van der Waals surface area contributed by atoms with Crippen LogP contribution in [0.3, 0.4) is 0 Å². The lowest BCUT2D eigenvalue weighted by Gasteiger charge is -2.14. The Balaban J connectivity index is 3.08. The van der Waals surface area contributed by atoms with Crippen molar-refractivity contribution in [2.75, 3.05) is 5.73 Å². The average molecular weight is 244 g/mol. The van der Waals surface area contributed by atoms with E-state index in [9.17, 15) is 8.42 Å². The summed E-state index contributed by atoms with van der Waals surface area (Å²) in [5, 5.41) is 4.99. The monoisotopic (exact) mass is 244 g/mol. The third-order valence-electron chi connectivity index (χ3n) is 1.80. The molecule has 1 rings (SSSR count). The number of ether oxygens (including phenoxy) is 1. The first kappa shape index (κ1) is 12.8. The third kappa shape index (κ3) is 4.08. The van der Waals surface area contributed by atoms with Gasteiger partial charge in [-0.2, -0.15) is 0 Å². The summed E-state index contributed by atoms with van der Waals surface area (Å²) in [6.45, 7) is 3.72. The molecule has 5 nitrogen and oxygen atoms in total. The predicted octanol–water partition coefficient (Wildman–Crippen LogP) is 0.845. The molecule has 0 aromatic heterocycles. The fourth-order valence-corrected chi connectivity index (χ4v) is 1.96. The molecule has 90 valence electrons. The van der Waals surface area contributed by atoms with Crippen LogP contribution < -0.4 is 15.6 Å². The van der Waals surface area contributed by atoms with Crippen LogP contribution in [0.15, 0.2) is 18.2 Å². The second-order valence-electron chi connectivity index (χ2n) is 3.84. The minimum Gasteiger partial charge on any atom is -0.491 e. The molecular formula is C10H16N2O3S. The van der Waals surface area contributed by atoms with E-state index in [2.05, 4.69) is 0 Å². The zero-order valence-electron chi connectivity index (χ0n) is 9.30. The Morgan fingerprint density at radius 3 is 2.50 bits per heavy atom. The van der Waals surface area contributed by atoms with Gasteiger partial charge in [0.1, 0.15) is 5.75 Å². The van der Waals surface area contributed by atoms with E-state index in [1.165, 1.54) is 0 Å². The molecule has 0 radical (unpaired) electrons. The number of nitrogen functional groups attached to an aromatic ring is 1. The Morgan fingerprint density at radius 2 is 2.00 bits per heavy atom. The maximum atomic E-state index is 11.0. The number of rotatable bonds is 4. The molecule has 4 N–H and O–H groups in total. The summed E-state index contributed by atoms with van der Waals surface area (Å²) in [7, 11) is -3.59. The molecule has 0 unspecified atom stereocenters. The highest BCUT2D eigenvalue weighted by molar-refractivity contribution is 7.88. The van der Waals surface area contributed by atoms with Gasteiger partial charge in [0.15, 0.2) is 0 Å². The normalized spacial score (nSPS) is 11.8. The highest BCUT2D eigenvalue weighted by Crippen LogP contribution is 2.24. The summed E-state index contributed by atoms with van der Waals surface area (Å²) in [5.74, 6) is 0.221. The van der Waals surface area contributed by atoms with Crippen molar-refractivity contribution >= 4 is 15.7 Å². The zero-order chi connectivity index (χ0) is 12.3. The molecule has 0 atom stereocenters. The van der Waals surface area contributed by atoms with Crippen molar-refractivity contribution in [1.29, 1.82) is 0 Å². The Morgan fingerprint density at radius 1 is 1.38 bits per heavy atom. The van der Waals surface area contributed by atoms with Gasteiger partial charge >= 0.3 is 0 Å². The second-order valence-corrected chi connectivity index (χ2v) is 5.46. The van der Waals surface area contributed by atoms with Gasteiger partial charge in [0.25, 0.3) is 0 Å². The number of hydrogen-bond donors (Lipinski definition) is 2. The predicted molar refractivity (Wildman–Crippen MR) is 63.4 cm³/mol. The molecule has 1 aromatic carbocycles. The molecule has 0 spiro atoms. The molecule has 0 aliphatic heterocycles. The topological polar surface area (TPSA) is 95.4 Å². The lowest BCUT2D eigenvalue weighted by Crippen LogP contribution is -2.16. The van der Waals surface area contributed by atoms with Crippen LogP contribution in [0.2, 0.25) is 0 Å². The van der Waals surface area contributed by atoms with Crippen molar-refractivity contribution in [3.63, 3.8) is 0 Å². The van der Waals surface area contributed by atoms with Gasteiger partial charge in [-0.1, -0.05) is 0 Å². The first-order valence-electron chi connectivity index (χ1n) is 4.83. The van der Waals surface area contributed by atoms with Gasteiger partial charge < -0.3 is 10.5 Å². The van der Waals surface area contributed by atoms with Crippen LogP contribution in [0.4, 0.5) is 5.69 Å². The van der Waals surface area contributed by atoms with Gasteiger partial charge in [-0.25, -0.2) is 13.6 Å². The Hall–Kier alpha value is -1.27. The van der Waals surface area contributed by atoms with Crippen LogP contribution in [-0.2, 0) is 15.8 Å². The van der Waals surface area contributed by atoms with Crippen LogP contribution >= 0.6 is 0 Å². The molecule has 0 aliphatic rings. The SMILES string of the molecule is CC(C)Oc1ccc(N)cc1CS(N)(=O)=O. The van der Waals surface area contributed by atoms with Gasteiger partial charge in [-0.15, -0.1) is 0 Å². The second kappa shape index (κ2) is 4.71. The van der Waals surface area contributed by atoms with Crippen molar-refractivity contribution in [3.8, 4) is 5.75 Å². The molecule has 0 saturated heterocycles. The van der Waals surface area contributed by atoms with Gasteiger partial charge in [0.05, 0.1) is 11.9 Å². The minimum atomic E-state index is -3.59. The lowest BCUT2D eigenvalue weighted by atomic mass is 10.2. The fraction of sp³-hybridized carbons (Fsp3) is 0.400. The van der Waals surface area contributed by atoms with Crippen LogP contribution in [0, 0.1) is 0 Å². The van der Waals surface area contributed by atoms with Crippen molar-refractivity contribution in [2.45, 2.75) is 25.7 Å². The molecule has 0 heterocycles. The average Bonchev–Trinajstić information content (AvgIpc) is 2.06. The summed E-state index contributed by atoms with van der Waals surface area (Å²) in [5.41, 5.74) is 6.55. The first-order chi connectivity index (χ1) is 7.28. The van der Waals surface area contributed by atoms with Crippen LogP contribution in [0.1, 0.15) is 19.4 Å². The highest BCUT2D eigenvalue weighted by atomic mass is 32.2. The van der Waals surface area contributed by atoms with E-state index in [0.717, 1.165) is 0 Å². The molecule has 1 aromatic rings. The number of nitrogens with two attached hydrogens (primary N) is 2. The summed E-state index contributed by atoms with van der Waals surface area (Å²) in [6.07, 6.45) is -0.0390. The maximum absolute atomic E-state index is 11.0. The standard InChI is InChI=1S/C10H16N2O3S/c1-7(2)15-10-4-3-9(11)5-8(10)6-16(12,13)14/h3-5,7H,6,11H2,1-2H3,(H2,12,13,14). The minimum absolute atomic E-state index is 0.0390. The molecule has 0 saturated carbocycles. The lowest BCUT2D eigenvalue weighted by molar-refractivity contribution is 0.240. The van der Waals surface area contributed by atoms with E-state index in [-0.39, 0.29) is 11.9 Å². The molecule has 6 heteroatoms. The van der Waals surface area contributed by atoms with Crippen molar-refractivity contribution < 1.29 is 13.2 Å². The molecular weight excluding hydrogens is 228 g/mol. The van der Waals surface area contributed by atoms with Crippen LogP contribution in [0.5, 0.6) is 5.75 Å². The van der Waals surface area contributed by atoms with Crippen molar-refractivity contribution in [2.24, 2.45) is 5.14 Å². The molecule has 16 heavy (non-hydrogen) atoms. The number of benzene rings is 1. The van der Waals surface area contributed by atoms with E-state index < -0.39 is 10.0 Å². The summed E-state index contributed by atoms with van der Waals surface area (Å²) in [4.78, 5) is 0. The first-order valence-corrected chi connectivity index (χ1v) is 6.55. The Labute approximate surface area is 95.4 Å². The van der Waals surface area contributed by atoms with Gasteiger partial charge in [-0.05, 0) is 32.0 Å². The van der Waals surface area contributed by atoms with E-state index in [4.69, 9.17) is 15.6 Å². The largest absolute Gasteiger partial charge is 0.491 e. The van der Waals surface area contributed by atoms with Crippen molar-refractivity contribution in [1.82, 2.24) is 0 Å². The van der Waals surface area contributed by atoms with E-state index >= 15 is 0 Å². The van der Waals surface area contributed by atoms with Gasteiger partial charge in [0.2, 0.25) is 10.0 Å². The Bertz CT molecular complexity index is 469.